The van der Waals surface area contributed by atoms with E-state index >= 15 is 0 Å². The van der Waals surface area contributed by atoms with Crippen molar-refractivity contribution in [2.45, 2.75) is 40.3 Å². The van der Waals surface area contributed by atoms with Crippen molar-refractivity contribution in [1.29, 1.82) is 0 Å². The Morgan fingerprint density at radius 3 is 2.40 bits per heavy atom. The van der Waals surface area contributed by atoms with Crippen LogP contribution in [-0.2, 0) is 25.8 Å². The second-order valence-electron chi connectivity index (χ2n) is 6.88. The molecule has 2 atom stereocenters. The molecule has 0 saturated carbocycles. The van der Waals surface area contributed by atoms with Crippen LogP contribution in [0.4, 0.5) is 0 Å². The average Bonchev–Trinajstić information content (AvgIpc) is 2.85. The summed E-state index contributed by atoms with van der Waals surface area (Å²) in [5, 5.41) is 0. The van der Waals surface area contributed by atoms with Gasteiger partial charge in [-0.05, 0) is 33.6 Å². The fourth-order valence-electron chi connectivity index (χ4n) is 3.85. The topological polar surface area (TPSA) is 0 Å². The van der Waals surface area contributed by atoms with Crippen molar-refractivity contribution in [2.75, 3.05) is 0 Å². The molecule has 2 heteroatoms. The summed E-state index contributed by atoms with van der Waals surface area (Å²) in [4.78, 5) is 0. The van der Waals surface area contributed by atoms with Crippen LogP contribution >= 0.6 is 0 Å². The molecule has 3 rings (SSSR count). The van der Waals surface area contributed by atoms with Crippen LogP contribution in [-0.4, -0.2) is 14.1 Å². The Labute approximate surface area is 176 Å². The first-order chi connectivity index (χ1) is 10.5. The zero-order valence-electron chi connectivity index (χ0n) is 16.8. The van der Waals surface area contributed by atoms with Gasteiger partial charge in [-0.25, -0.2) is 0 Å². The van der Waals surface area contributed by atoms with Crippen molar-refractivity contribution < 1.29 is 25.8 Å². The molecule has 0 aromatic heterocycles. The van der Waals surface area contributed by atoms with Gasteiger partial charge >= 0.3 is 0 Å². The molecule has 2 unspecified atom stereocenters. The molecule has 0 spiro atoms. The smallest absolute Gasteiger partial charge is 0 e. The van der Waals surface area contributed by atoms with Crippen molar-refractivity contribution in [3.8, 4) is 0 Å². The zero-order valence-corrected chi connectivity index (χ0v) is 21.4. The van der Waals surface area contributed by atoms with E-state index in [1.54, 1.807) is 0 Å². The minimum absolute atomic E-state index is 0. The molecule has 0 bridgehead atoms. The van der Waals surface area contributed by atoms with Gasteiger partial charge in [-0.1, -0.05) is 56.3 Å². The molecule has 0 radical (unpaired) electrons. The van der Waals surface area contributed by atoms with Crippen LogP contribution in [0.15, 0.2) is 63.8 Å². The van der Waals surface area contributed by atoms with Gasteiger partial charge in [0.05, 0.1) is 0 Å². The Hall–Kier alpha value is -0.603. The molecule has 0 nitrogen and oxygen atoms in total. The van der Waals surface area contributed by atoms with E-state index in [2.05, 4.69) is 76.0 Å². The molecule has 0 aromatic carbocycles. The van der Waals surface area contributed by atoms with Gasteiger partial charge in [0.15, 0.2) is 0 Å². The number of allylic oxidation sites excluding steroid dienone is 12. The summed E-state index contributed by atoms with van der Waals surface area (Å²) in [6, 6.07) is 0. The molecule has 0 N–H and O–H groups in total. The number of hydrogen-bond donors (Lipinski definition) is 0. The van der Waals surface area contributed by atoms with Gasteiger partial charge in [0.2, 0.25) is 0 Å². The van der Waals surface area contributed by atoms with Crippen molar-refractivity contribution >= 4 is 14.1 Å². The SMILES string of the molecule is CC1=[C-]C2=CC=CCC(C=[Si](C)C)C2=C1C1=C(C)C=CC1C.[CH3-].[CH3-].[Hf]. The van der Waals surface area contributed by atoms with Crippen LogP contribution in [0.3, 0.4) is 0 Å². The summed E-state index contributed by atoms with van der Waals surface area (Å²) in [5.74, 6) is 1.06. The molecule has 25 heavy (non-hydrogen) atoms. The standard InChI is InChI=1S/C21H25Si.2CH3.Hf/c1-14-10-11-15(2)19(14)20-16(3)12-17-8-6-7-9-18(21(17)20)13-22(4)5;;;/h6-8,10-11,13-14,18H,9H2,1-5H3;2*1H3;/q3*-1;. The molecular weight excluding hydrogens is 483 g/mol. The minimum atomic E-state index is -0.366. The maximum atomic E-state index is 3.65. The van der Waals surface area contributed by atoms with Gasteiger partial charge < -0.3 is 14.9 Å². The van der Waals surface area contributed by atoms with E-state index in [9.17, 15) is 0 Å². The minimum Gasteiger partial charge on any atom is -0.358 e. The maximum Gasteiger partial charge on any atom is 0 e. The first kappa shape index (κ1) is 24.4. The van der Waals surface area contributed by atoms with E-state index < -0.39 is 0 Å². The average molecular weight is 514 g/mol. The monoisotopic (exact) mass is 515 g/mol. The summed E-state index contributed by atoms with van der Waals surface area (Å²) in [7, 11) is -0.366. The zero-order chi connectivity index (χ0) is 15.9. The Bertz CT molecular complexity index is 719. The second-order valence-corrected chi connectivity index (χ2v) is 9.37. The van der Waals surface area contributed by atoms with Crippen molar-refractivity contribution in [1.82, 2.24) is 0 Å². The normalized spacial score (nSPS) is 23.7. The largest absolute Gasteiger partial charge is 0.358 e. The third kappa shape index (κ3) is 4.77. The van der Waals surface area contributed by atoms with Gasteiger partial charge in [0.1, 0.15) is 0 Å². The van der Waals surface area contributed by atoms with E-state index in [-0.39, 0.29) is 49.1 Å². The van der Waals surface area contributed by atoms with Gasteiger partial charge in [-0.3, -0.25) is 0 Å². The maximum absolute atomic E-state index is 3.65. The fourth-order valence-corrected chi connectivity index (χ4v) is 4.96. The summed E-state index contributed by atoms with van der Waals surface area (Å²) in [6.07, 6.45) is 16.2. The number of fused-ring (bicyclic) bond motifs is 1. The van der Waals surface area contributed by atoms with Crippen LogP contribution in [0.1, 0.15) is 27.2 Å². The van der Waals surface area contributed by atoms with E-state index in [0.717, 1.165) is 6.42 Å². The van der Waals surface area contributed by atoms with Crippen LogP contribution < -0.4 is 0 Å². The molecule has 3 aliphatic carbocycles. The van der Waals surface area contributed by atoms with Gasteiger partial charge in [-0.2, -0.15) is 5.57 Å². The van der Waals surface area contributed by atoms with Crippen molar-refractivity contribution in [2.24, 2.45) is 11.8 Å². The molecule has 0 amide bonds. The molecule has 0 heterocycles. The Morgan fingerprint density at radius 1 is 1.16 bits per heavy atom. The fraction of sp³-hybridized carbons (Fsp3) is 0.348. The summed E-state index contributed by atoms with van der Waals surface area (Å²) >= 11 is 0. The van der Waals surface area contributed by atoms with E-state index in [4.69, 9.17) is 0 Å². The van der Waals surface area contributed by atoms with E-state index in [1.165, 1.54) is 33.4 Å². The molecule has 3 aliphatic rings. The number of hydrogen-bond acceptors (Lipinski definition) is 0. The molecule has 0 fully saturated rings. The van der Waals surface area contributed by atoms with Crippen molar-refractivity contribution in [3.63, 3.8) is 0 Å². The van der Waals surface area contributed by atoms with Crippen LogP contribution in [0, 0.1) is 32.8 Å². The molecule has 0 saturated heterocycles. The summed E-state index contributed by atoms with van der Waals surface area (Å²) in [5.41, 5.74) is 11.2. The summed E-state index contributed by atoms with van der Waals surface area (Å²) in [6.45, 7) is 11.6. The Kier molecular flexibility index (Phi) is 9.68. The second kappa shape index (κ2) is 9.92. The van der Waals surface area contributed by atoms with Gasteiger partial charge in [0, 0.05) is 25.8 Å². The van der Waals surface area contributed by atoms with Crippen LogP contribution in [0.25, 0.3) is 0 Å². The predicted octanol–water partition coefficient (Wildman–Crippen LogP) is 6.11. The summed E-state index contributed by atoms with van der Waals surface area (Å²) < 4.78 is 0. The predicted molar refractivity (Wildman–Crippen MR) is 112 cm³/mol. The van der Waals surface area contributed by atoms with Crippen LogP contribution in [0.5, 0.6) is 0 Å². The third-order valence-corrected chi connectivity index (χ3v) is 5.80. The first-order valence-corrected chi connectivity index (χ1v) is 10.8. The molecule has 0 aliphatic heterocycles. The number of rotatable bonds is 2. The first-order valence-electron chi connectivity index (χ1n) is 8.25. The van der Waals surface area contributed by atoms with E-state index in [0.29, 0.717) is 11.8 Å². The quantitative estimate of drug-likeness (QED) is 0.309. The van der Waals surface area contributed by atoms with Gasteiger partial charge in [0.25, 0.3) is 0 Å². The molecular formula is C23H31HfSi-3. The van der Waals surface area contributed by atoms with E-state index in [1.807, 2.05) is 0 Å². The van der Waals surface area contributed by atoms with Gasteiger partial charge in [-0.15, -0.1) is 40.6 Å². The van der Waals surface area contributed by atoms with Crippen LogP contribution in [0.2, 0.25) is 13.1 Å². The van der Waals surface area contributed by atoms with Crippen molar-refractivity contribution in [3.05, 3.63) is 84.7 Å². The Morgan fingerprint density at radius 2 is 1.84 bits per heavy atom. The third-order valence-electron chi connectivity index (χ3n) is 4.74. The Balaban J connectivity index is 0.00000192. The molecule has 0 aromatic rings. The molecule has 134 valence electrons.